The Labute approximate surface area is 125 Å². The molecule has 3 nitrogen and oxygen atoms in total. The molecule has 2 fully saturated rings. The molecule has 2 heterocycles. The molecular formula is C16H21ClN2O. The van der Waals surface area contributed by atoms with Gasteiger partial charge in [0.2, 0.25) is 0 Å². The van der Waals surface area contributed by atoms with Gasteiger partial charge in [0.1, 0.15) is 0 Å². The van der Waals surface area contributed by atoms with E-state index in [2.05, 4.69) is 5.32 Å². The van der Waals surface area contributed by atoms with Crippen LogP contribution in [0, 0.1) is 6.92 Å². The molecule has 20 heavy (non-hydrogen) atoms. The number of rotatable bonds is 2. The molecule has 108 valence electrons. The number of benzene rings is 1. The third-order valence-electron chi connectivity index (χ3n) is 4.67. The van der Waals surface area contributed by atoms with Crippen LogP contribution in [0.2, 0.25) is 5.02 Å². The topological polar surface area (TPSA) is 32.3 Å². The molecule has 2 saturated heterocycles. The molecule has 3 rings (SSSR count). The maximum atomic E-state index is 12.6. The van der Waals surface area contributed by atoms with Crippen molar-refractivity contribution >= 4 is 17.5 Å². The number of amides is 1. The largest absolute Gasteiger partial charge is 0.339 e. The average molecular weight is 293 g/mol. The predicted molar refractivity (Wildman–Crippen MR) is 81.3 cm³/mol. The van der Waals surface area contributed by atoms with Crippen molar-refractivity contribution in [1.29, 1.82) is 0 Å². The molecule has 0 saturated carbocycles. The molecular weight excluding hydrogens is 272 g/mol. The van der Waals surface area contributed by atoms with Crippen molar-refractivity contribution in [2.75, 3.05) is 7.05 Å². The van der Waals surface area contributed by atoms with E-state index in [-0.39, 0.29) is 5.91 Å². The van der Waals surface area contributed by atoms with Crippen LogP contribution in [0.25, 0.3) is 0 Å². The number of aryl methyl sites for hydroxylation is 1. The molecule has 0 spiro atoms. The third kappa shape index (κ3) is 2.57. The summed E-state index contributed by atoms with van der Waals surface area (Å²) in [5.41, 5.74) is 1.69. The van der Waals surface area contributed by atoms with E-state index in [0.717, 1.165) is 18.4 Å². The summed E-state index contributed by atoms with van der Waals surface area (Å²) in [6, 6.07) is 7.14. The second-order valence-corrected chi connectivity index (χ2v) is 6.57. The van der Waals surface area contributed by atoms with Gasteiger partial charge in [-0.1, -0.05) is 17.7 Å². The zero-order chi connectivity index (χ0) is 14.3. The van der Waals surface area contributed by atoms with E-state index in [1.54, 1.807) is 0 Å². The number of nitrogens with one attached hydrogen (secondary N) is 1. The van der Waals surface area contributed by atoms with Crippen LogP contribution in [0.4, 0.5) is 0 Å². The van der Waals surface area contributed by atoms with Gasteiger partial charge in [-0.2, -0.15) is 0 Å². The van der Waals surface area contributed by atoms with Crippen molar-refractivity contribution in [3.63, 3.8) is 0 Å². The Morgan fingerprint density at radius 1 is 1.30 bits per heavy atom. The van der Waals surface area contributed by atoms with Gasteiger partial charge in [-0.3, -0.25) is 4.79 Å². The zero-order valence-corrected chi connectivity index (χ0v) is 12.8. The Balaban J connectivity index is 1.76. The van der Waals surface area contributed by atoms with Crippen molar-refractivity contribution in [2.24, 2.45) is 0 Å². The summed E-state index contributed by atoms with van der Waals surface area (Å²) in [4.78, 5) is 14.5. The molecule has 2 aliphatic heterocycles. The first-order valence-corrected chi connectivity index (χ1v) is 7.71. The maximum absolute atomic E-state index is 12.6. The van der Waals surface area contributed by atoms with Gasteiger partial charge in [0.05, 0.1) is 10.6 Å². The molecule has 2 atom stereocenters. The normalized spacial score (nSPS) is 28.4. The first-order chi connectivity index (χ1) is 9.54. The van der Waals surface area contributed by atoms with Crippen LogP contribution in [0.15, 0.2) is 18.2 Å². The lowest BCUT2D eigenvalue weighted by atomic mass is 9.98. The zero-order valence-electron chi connectivity index (χ0n) is 12.0. The van der Waals surface area contributed by atoms with Crippen molar-refractivity contribution in [2.45, 2.75) is 50.7 Å². The Hall–Kier alpha value is -1.06. The van der Waals surface area contributed by atoms with Gasteiger partial charge in [0.25, 0.3) is 5.91 Å². The van der Waals surface area contributed by atoms with E-state index in [9.17, 15) is 4.79 Å². The quantitative estimate of drug-likeness (QED) is 0.909. The highest BCUT2D eigenvalue weighted by Gasteiger charge is 2.36. The lowest BCUT2D eigenvalue weighted by molar-refractivity contribution is 0.0682. The molecule has 2 bridgehead atoms. The molecule has 2 unspecified atom stereocenters. The van der Waals surface area contributed by atoms with Gasteiger partial charge in [0, 0.05) is 25.2 Å². The average Bonchev–Trinajstić information content (AvgIpc) is 2.76. The van der Waals surface area contributed by atoms with Crippen molar-refractivity contribution in [1.82, 2.24) is 10.2 Å². The standard InChI is InChI=1S/C16H21ClN2O/c1-10-3-6-14(15(17)7-10)16(20)19(2)13-8-11-4-5-12(9-13)18-11/h3,6-7,11-13,18H,4-5,8-9H2,1-2H3. The first-order valence-electron chi connectivity index (χ1n) is 7.34. The fourth-order valence-electron chi connectivity index (χ4n) is 3.49. The van der Waals surface area contributed by atoms with Crippen LogP contribution < -0.4 is 5.32 Å². The van der Waals surface area contributed by atoms with E-state index in [4.69, 9.17) is 11.6 Å². The van der Waals surface area contributed by atoms with Crippen LogP contribution in [-0.4, -0.2) is 36.0 Å². The van der Waals surface area contributed by atoms with Crippen LogP contribution in [0.3, 0.4) is 0 Å². The molecule has 0 aromatic heterocycles. The molecule has 4 heteroatoms. The highest BCUT2D eigenvalue weighted by molar-refractivity contribution is 6.33. The Kier molecular flexibility index (Phi) is 3.74. The van der Waals surface area contributed by atoms with Crippen molar-refractivity contribution in [3.05, 3.63) is 34.3 Å². The number of fused-ring (bicyclic) bond motifs is 2. The first kappa shape index (κ1) is 13.9. The van der Waals surface area contributed by atoms with Crippen molar-refractivity contribution in [3.8, 4) is 0 Å². The van der Waals surface area contributed by atoms with E-state index in [1.807, 2.05) is 37.1 Å². The minimum Gasteiger partial charge on any atom is -0.339 e. The van der Waals surface area contributed by atoms with Crippen molar-refractivity contribution < 1.29 is 4.79 Å². The second-order valence-electron chi connectivity index (χ2n) is 6.16. The summed E-state index contributed by atoms with van der Waals surface area (Å²) < 4.78 is 0. The number of halogens is 1. The Morgan fingerprint density at radius 2 is 1.95 bits per heavy atom. The lowest BCUT2D eigenvalue weighted by Gasteiger charge is -2.35. The maximum Gasteiger partial charge on any atom is 0.255 e. The monoisotopic (exact) mass is 292 g/mol. The number of carbonyl (C=O) groups is 1. The smallest absolute Gasteiger partial charge is 0.255 e. The van der Waals surface area contributed by atoms with Gasteiger partial charge in [-0.25, -0.2) is 0 Å². The fourth-order valence-corrected chi connectivity index (χ4v) is 3.81. The molecule has 1 aromatic rings. The predicted octanol–water partition coefficient (Wildman–Crippen LogP) is 3.00. The van der Waals surface area contributed by atoms with Crippen LogP contribution in [-0.2, 0) is 0 Å². The highest BCUT2D eigenvalue weighted by Crippen LogP contribution is 2.30. The van der Waals surface area contributed by atoms with Crippen LogP contribution >= 0.6 is 11.6 Å². The van der Waals surface area contributed by atoms with E-state index < -0.39 is 0 Å². The number of piperidine rings is 1. The van der Waals surface area contributed by atoms with Gasteiger partial charge >= 0.3 is 0 Å². The van der Waals surface area contributed by atoms with Crippen LogP contribution in [0.5, 0.6) is 0 Å². The van der Waals surface area contributed by atoms with Gasteiger partial charge in [-0.05, 0) is 50.3 Å². The molecule has 0 aliphatic carbocycles. The number of carbonyl (C=O) groups excluding carboxylic acids is 1. The minimum atomic E-state index is 0.0429. The minimum absolute atomic E-state index is 0.0429. The summed E-state index contributed by atoms with van der Waals surface area (Å²) in [6.45, 7) is 1.98. The van der Waals surface area contributed by atoms with E-state index in [1.165, 1.54) is 12.8 Å². The van der Waals surface area contributed by atoms with Gasteiger partial charge < -0.3 is 10.2 Å². The van der Waals surface area contributed by atoms with E-state index >= 15 is 0 Å². The summed E-state index contributed by atoms with van der Waals surface area (Å²) in [5, 5.41) is 4.16. The summed E-state index contributed by atoms with van der Waals surface area (Å²) in [6.07, 6.45) is 4.60. The highest BCUT2D eigenvalue weighted by atomic mass is 35.5. The number of hydrogen-bond acceptors (Lipinski definition) is 2. The molecule has 1 amide bonds. The van der Waals surface area contributed by atoms with Gasteiger partial charge in [0.15, 0.2) is 0 Å². The number of nitrogens with zero attached hydrogens (tertiary/aromatic N) is 1. The second kappa shape index (κ2) is 5.38. The summed E-state index contributed by atoms with van der Waals surface area (Å²) in [7, 11) is 1.91. The lowest BCUT2D eigenvalue weighted by Crippen LogP contribution is -2.48. The molecule has 1 aromatic carbocycles. The Bertz CT molecular complexity index is 519. The SMILES string of the molecule is Cc1ccc(C(=O)N(C)C2CC3CCC(C2)N3)c(Cl)c1. The summed E-state index contributed by atoms with van der Waals surface area (Å²) in [5.74, 6) is 0.0429. The van der Waals surface area contributed by atoms with Crippen LogP contribution in [0.1, 0.15) is 41.6 Å². The summed E-state index contributed by atoms with van der Waals surface area (Å²) >= 11 is 6.22. The van der Waals surface area contributed by atoms with Gasteiger partial charge in [-0.15, -0.1) is 0 Å². The fraction of sp³-hybridized carbons (Fsp3) is 0.562. The Morgan fingerprint density at radius 3 is 2.55 bits per heavy atom. The molecule has 1 N–H and O–H groups in total. The molecule has 0 radical (unpaired) electrons. The number of hydrogen-bond donors (Lipinski definition) is 1. The third-order valence-corrected chi connectivity index (χ3v) is 4.98. The molecule has 2 aliphatic rings. The van der Waals surface area contributed by atoms with E-state index in [0.29, 0.717) is 28.7 Å².